The maximum absolute atomic E-state index is 11.9. The highest BCUT2D eigenvalue weighted by Crippen LogP contribution is 2.38. The number of imide groups is 6. The fourth-order valence-corrected chi connectivity index (χ4v) is 15.3. The predicted octanol–water partition coefficient (Wildman–Crippen LogP) is 11.8. The SMILES string of the molecule is Cc1ccc(/C=C2\SC(=O)N(CC(=O)O)C2=O)cc1.Cc1ccc(/C=C2\SC(=O)N(CC(=O)O)C2=O)cc1.Cc1ccc(/C=C2\SC(=O)N(CC(=O)O)C2=O)cc1.O=C(O)CN1C(=O)S/C(=C\c2ccc(CS)cc2)C1=O.O=C(O)CN1C(=O)S/C(=C\c2cccs2)C1=O.O=COc1ccc(/C=C2\SC(=O)N(CC(=O)O)C2=O)cc1. The molecule has 6 N–H and O–H groups in total. The molecule has 6 saturated heterocycles. The van der Waals surface area contributed by atoms with Gasteiger partial charge in [0, 0.05) is 10.6 Å². The number of aliphatic carboxylic acids is 6. The second-order valence-corrected chi connectivity index (χ2v) is 30.7. The molecule has 5 aromatic carbocycles. The third-order valence-electron chi connectivity index (χ3n) is 14.8. The first kappa shape index (κ1) is 90.0. The van der Waals surface area contributed by atoms with E-state index >= 15 is 0 Å². The molecule has 6 aliphatic rings. The Balaban J connectivity index is 0.000000191. The summed E-state index contributed by atoms with van der Waals surface area (Å²) in [7, 11) is 0. The van der Waals surface area contributed by atoms with E-state index in [2.05, 4.69) is 17.4 Å². The van der Waals surface area contributed by atoms with Crippen LogP contribution in [0.4, 0.5) is 28.8 Å². The van der Waals surface area contributed by atoms with Crippen LogP contribution in [0.25, 0.3) is 36.5 Å². The van der Waals surface area contributed by atoms with Gasteiger partial charge in [-0.1, -0.05) is 132 Å². The summed E-state index contributed by atoms with van der Waals surface area (Å²) in [6.45, 7) is 2.48. The van der Waals surface area contributed by atoms with Gasteiger partial charge in [0.05, 0.1) is 29.4 Å². The minimum absolute atomic E-state index is 0.144. The van der Waals surface area contributed by atoms with E-state index in [0.717, 1.165) is 133 Å². The van der Waals surface area contributed by atoms with Crippen LogP contribution in [-0.2, 0) is 68.1 Å². The molecule has 115 heavy (non-hydrogen) atoms. The molecule has 0 aliphatic carbocycles. The average Bonchev–Trinajstić information content (AvgIpc) is 1.72. The van der Waals surface area contributed by atoms with Gasteiger partial charge in [-0.2, -0.15) is 12.6 Å². The maximum Gasteiger partial charge on any atom is 0.323 e. The van der Waals surface area contributed by atoms with E-state index < -0.39 is 142 Å². The van der Waals surface area contributed by atoms with Gasteiger partial charge in [0.1, 0.15) is 45.0 Å². The summed E-state index contributed by atoms with van der Waals surface area (Å²) in [5.41, 5.74) is 8.11. The van der Waals surface area contributed by atoms with Crippen LogP contribution >= 0.6 is 94.5 Å². The van der Waals surface area contributed by atoms with E-state index in [9.17, 15) is 91.1 Å². The van der Waals surface area contributed by atoms with Gasteiger partial charge in [-0.3, -0.25) is 120 Å². The molecule has 0 spiro atoms. The first-order valence-corrected chi connectivity index (χ1v) is 38.9. The lowest BCUT2D eigenvalue weighted by molar-refractivity contribution is -0.140. The summed E-state index contributed by atoms with van der Waals surface area (Å²) in [4.78, 5) is 220. The van der Waals surface area contributed by atoms with Crippen molar-refractivity contribution in [1.29, 1.82) is 0 Å². The van der Waals surface area contributed by atoms with E-state index in [4.69, 9.17) is 30.6 Å². The molecule has 594 valence electrons. The highest BCUT2D eigenvalue weighted by Gasteiger charge is 2.41. The summed E-state index contributed by atoms with van der Waals surface area (Å²) in [5, 5.41) is 50.3. The molecule has 32 nitrogen and oxygen atoms in total. The smallest absolute Gasteiger partial charge is 0.323 e. The molecule has 12 amide bonds. The van der Waals surface area contributed by atoms with Gasteiger partial charge in [0.25, 0.3) is 73.4 Å². The molecule has 6 fully saturated rings. The molecule has 0 saturated carbocycles. The Morgan fingerprint density at radius 2 is 0.548 bits per heavy atom. The zero-order valence-electron chi connectivity index (χ0n) is 59.6. The lowest BCUT2D eigenvalue weighted by Gasteiger charge is -2.07. The average molecular weight is 1720 g/mol. The number of carboxylic acid groups (broad SMARTS) is 6. The normalized spacial score (nSPS) is 17.2. The molecular formula is C75H60N6O26S8. The molecule has 7 heterocycles. The van der Waals surface area contributed by atoms with E-state index in [1.165, 1.54) is 29.5 Å². The van der Waals surface area contributed by atoms with Crippen LogP contribution in [0, 0.1) is 20.8 Å². The number of nitrogens with zero attached hydrogens (tertiary/aromatic N) is 6. The fourth-order valence-electron chi connectivity index (χ4n) is 9.29. The van der Waals surface area contributed by atoms with Crippen molar-refractivity contribution in [1.82, 2.24) is 29.4 Å². The first-order chi connectivity index (χ1) is 54.5. The number of thiol groups is 1. The number of carboxylic acids is 6. The minimum Gasteiger partial charge on any atom is -0.480 e. The predicted molar refractivity (Wildman–Crippen MR) is 432 cm³/mol. The van der Waals surface area contributed by atoms with E-state index in [0.29, 0.717) is 40.2 Å². The Bertz CT molecular complexity index is 4850. The number of carbonyl (C=O) groups is 19. The van der Waals surface area contributed by atoms with E-state index in [-0.39, 0.29) is 29.4 Å². The molecule has 12 rings (SSSR count). The largest absolute Gasteiger partial charge is 0.480 e. The third-order valence-corrected chi connectivity index (χ3v) is 21.4. The lowest BCUT2D eigenvalue weighted by atomic mass is 10.1. The first-order valence-electron chi connectivity index (χ1n) is 32.5. The summed E-state index contributed by atoms with van der Waals surface area (Å²) < 4.78 is 4.63. The molecule has 0 radical (unpaired) electrons. The van der Waals surface area contributed by atoms with Crippen molar-refractivity contribution in [3.63, 3.8) is 0 Å². The van der Waals surface area contributed by atoms with Gasteiger partial charge in [-0.15, -0.1) is 11.3 Å². The molecule has 0 bridgehead atoms. The van der Waals surface area contributed by atoms with Gasteiger partial charge in [0.2, 0.25) is 0 Å². The number of ether oxygens (including phenoxy) is 1. The van der Waals surface area contributed by atoms with Crippen molar-refractivity contribution >= 4 is 240 Å². The lowest BCUT2D eigenvalue weighted by Crippen LogP contribution is -2.33. The summed E-state index contributed by atoms with van der Waals surface area (Å²) >= 11 is 10.1. The zero-order chi connectivity index (χ0) is 84.5. The number of benzene rings is 5. The Morgan fingerprint density at radius 3 is 0.748 bits per heavy atom. The van der Waals surface area contributed by atoms with Gasteiger partial charge in [-0.25, -0.2) is 0 Å². The van der Waals surface area contributed by atoms with Crippen LogP contribution in [0.5, 0.6) is 5.75 Å². The Labute approximate surface area is 686 Å². The van der Waals surface area contributed by atoms with Gasteiger partial charge in [0.15, 0.2) is 0 Å². The topological polar surface area (TPSA) is 474 Å². The Kier molecular flexibility index (Phi) is 33.4. The second-order valence-electron chi connectivity index (χ2n) is 23.4. The Hall–Kier alpha value is -12.2. The van der Waals surface area contributed by atoms with Gasteiger partial charge >= 0.3 is 35.8 Å². The number of thioether (sulfide) groups is 6. The van der Waals surface area contributed by atoms with Crippen LogP contribution in [0.2, 0.25) is 0 Å². The Morgan fingerprint density at radius 1 is 0.330 bits per heavy atom. The van der Waals surface area contributed by atoms with Gasteiger partial charge < -0.3 is 35.4 Å². The zero-order valence-corrected chi connectivity index (χ0v) is 66.2. The maximum atomic E-state index is 11.9. The highest BCUT2D eigenvalue weighted by molar-refractivity contribution is 8.20. The highest BCUT2D eigenvalue weighted by atomic mass is 32.2. The summed E-state index contributed by atoms with van der Waals surface area (Å²) in [6.07, 6.45) is 9.41. The molecule has 6 aliphatic heterocycles. The summed E-state index contributed by atoms with van der Waals surface area (Å²) in [5.74, 6) is -9.76. The molecule has 1 aromatic heterocycles. The van der Waals surface area contributed by atoms with Crippen LogP contribution in [0.3, 0.4) is 0 Å². The van der Waals surface area contributed by atoms with Crippen molar-refractivity contribution in [2.45, 2.75) is 26.5 Å². The van der Waals surface area contributed by atoms with Crippen molar-refractivity contribution < 1.29 is 126 Å². The van der Waals surface area contributed by atoms with Crippen LogP contribution in [0.1, 0.15) is 54.9 Å². The number of amides is 12. The van der Waals surface area contributed by atoms with Crippen molar-refractivity contribution in [3.05, 3.63) is 223 Å². The number of carbonyl (C=O) groups excluding carboxylic acids is 13. The number of hydrogen-bond acceptors (Lipinski definition) is 28. The monoisotopic (exact) mass is 1720 g/mol. The summed E-state index contributed by atoms with van der Waals surface area (Å²) in [6, 6.07) is 39.7. The van der Waals surface area contributed by atoms with Crippen molar-refractivity contribution in [2.75, 3.05) is 39.3 Å². The van der Waals surface area contributed by atoms with E-state index in [1.54, 1.807) is 42.5 Å². The third kappa shape index (κ3) is 27.0. The van der Waals surface area contributed by atoms with Crippen LogP contribution in [0.15, 0.2) is 168 Å². The fraction of sp³-hybridized carbons (Fsp3) is 0.133. The molecule has 0 atom stereocenters. The number of thiophene rings is 1. The molecule has 40 heteroatoms. The van der Waals surface area contributed by atoms with Crippen LogP contribution in [-0.4, -0.2) is 208 Å². The molecular weight excluding hydrogens is 1660 g/mol. The molecule has 0 unspecified atom stereocenters. The number of rotatable bonds is 21. The van der Waals surface area contributed by atoms with Crippen molar-refractivity contribution in [3.8, 4) is 5.75 Å². The van der Waals surface area contributed by atoms with Crippen LogP contribution < -0.4 is 4.74 Å². The van der Waals surface area contributed by atoms with E-state index in [1.807, 2.05) is 135 Å². The standard InChI is InChI=1S/C13H9NO6S.C13H11NO4S2.3C13H11NO4S.C10H7NO4S2/c15-7-20-9-3-1-8(2-4-9)5-10-12(18)14(6-11(16)17)13(19)21-10;15-11(16)6-14-12(17)10(20-13(14)18)5-8-1-3-9(7-19)4-2-8;3*1-8-2-4-9(5-3-8)6-10-12(17)14(7-11(15)16)13(18)19-10;12-8(13)5-11-9(14)7(17-10(11)15)4-6-2-1-3-16-6/h1-5,7H,6H2,(H,16,17);1-5,19H,6-7H2,(H,15,16);3*2-6H,7H2,1H3,(H,15,16);1-4H,5H2,(H,12,13)/b2*10-5-;3*10-6-;7-4-. The van der Waals surface area contributed by atoms with Gasteiger partial charge in [-0.05, 0) is 185 Å². The minimum atomic E-state index is -1.26. The number of hydrogen-bond donors (Lipinski definition) is 7. The number of aryl methyl sites for hydroxylation is 3. The second kappa shape index (κ2) is 42.6. The quantitative estimate of drug-likeness (QED) is 0.0200. The molecule has 6 aromatic rings. The van der Waals surface area contributed by atoms with Crippen molar-refractivity contribution in [2.24, 2.45) is 0 Å².